The molecule has 0 aromatic rings. The molecule has 2 heterocycles. The van der Waals surface area contributed by atoms with Crippen LogP contribution in [0.4, 0.5) is 4.79 Å². The van der Waals surface area contributed by atoms with Gasteiger partial charge in [-0.15, -0.1) is 0 Å². The first-order valence-corrected chi connectivity index (χ1v) is 6.49. The van der Waals surface area contributed by atoms with Gasteiger partial charge in [0.1, 0.15) is 5.60 Å². The van der Waals surface area contributed by atoms with Crippen molar-refractivity contribution >= 4 is 6.09 Å². The number of likely N-dealkylation sites (tertiary alicyclic amines) is 1. The molecule has 2 rings (SSSR count). The average molecular weight is 240 g/mol. The number of hydrogen-bond donors (Lipinski definition) is 1. The fraction of sp³-hybridized carbons (Fsp3) is 0.923. The Morgan fingerprint density at radius 2 is 2.18 bits per heavy atom. The summed E-state index contributed by atoms with van der Waals surface area (Å²) in [4.78, 5) is 13.9. The fourth-order valence-corrected chi connectivity index (χ4v) is 2.83. The number of rotatable bonds is 0. The van der Waals surface area contributed by atoms with Crippen LogP contribution in [0.5, 0.6) is 0 Å². The Labute approximate surface area is 104 Å². The zero-order valence-electron chi connectivity index (χ0n) is 11.4. The van der Waals surface area contributed by atoms with Gasteiger partial charge in [-0.25, -0.2) is 4.79 Å². The topological polar surface area (TPSA) is 41.6 Å². The highest BCUT2D eigenvalue weighted by atomic mass is 16.6. The minimum absolute atomic E-state index is 0.159. The zero-order valence-corrected chi connectivity index (χ0v) is 11.4. The lowest BCUT2D eigenvalue weighted by molar-refractivity contribution is 0.0274. The van der Waals surface area contributed by atoms with Crippen LogP contribution in [-0.2, 0) is 4.74 Å². The second kappa shape index (κ2) is 4.16. The summed E-state index contributed by atoms with van der Waals surface area (Å²) in [6, 6.07) is 0. The van der Waals surface area contributed by atoms with Gasteiger partial charge in [0.15, 0.2) is 0 Å². The summed E-state index contributed by atoms with van der Waals surface area (Å²) < 4.78 is 5.44. The van der Waals surface area contributed by atoms with Crippen LogP contribution in [0.2, 0.25) is 0 Å². The molecule has 4 nitrogen and oxygen atoms in total. The number of hydrogen-bond acceptors (Lipinski definition) is 3. The molecule has 2 fully saturated rings. The molecule has 0 spiro atoms. The molecule has 2 atom stereocenters. The molecular formula is C13H24N2O2. The Hall–Kier alpha value is -0.770. The lowest BCUT2D eigenvalue weighted by Crippen LogP contribution is -2.42. The Morgan fingerprint density at radius 3 is 2.76 bits per heavy atom. The van der Waals surface area contributed by atoms with E-state index in [1.54, 1.807) is 0 Å². The Balaban J connectivity index is 1.99. The van der Waals surface area contributed by atoms with E-state index in [0.29, 0.717) is 5.92 Å². The molecule has 0 aromatic heterocycles. The Morgan fingerprint density at radius 1 is 1.47 bits per heavy atom. The van der Waals surface area contributed by atoms with Gasteiger partial charge in [0.25, 0.3) is 0 Å². The van der Waals surface area contributed by atoms with Gasteiger partial charge in [-0.2, -0.15) is 0 Å². The van der Waals surface area contributed by atoms with Crippen molar-refractivity contribution in [1.29, 1.82) is 0 Å². The minimum Gasteiger partial charge on any atom is -0.444 e. The monoisotopic (exact) mass is 240 g/mol. The number of carbonyl (C=O) groups excluding carboxylic acids is 1. The number of ether oxygens (including phenoxy) is 1. The van der Waals surface area contributed by atoms with Crippen molar-refractivity contribution in [2.75, 3.05) is 26.2 Å². The van der Waals surface area contributed by atoms with E-state index in [0.717, 1.165) is 32.6 Å². The van der Waals surface area contributed by atoms with Crippen LogP contribution in [0.25, 0.3) is 0 Å². The van der Waals surface area contributed by atoms with Crippen molar-refractivity contribution in [3.05, 3.63) is 0 Å². The second-order valence-electron chi connectivity index (χ2n) is 6.67. The first-order chi connectivity index (χ1) is 7.80. The molecular weight excluding hydrogens is 216 g/mol. The molecule has 4 heteroatoms. The molecule has 0 bridgehead atoms. The zero-order chi connectivity index (χ0) is 12.7. The van der Waals surface area contributed by atoms with Crippen LogP contribution in [0.15, 0.2) is 0 Å². The molecule has 0 aromatic carbocycles. The van der Waals surface area contributed by atoms with E-state index >= 15 is 0 Å². The number of nitrogens with one attached hydrogen (secondary N) is 1. The van der Waals surface area contributed by atoms with Crippen LogP contribution in [0.1, 0.15) is 34.1 Å². The van der Waals surface area contributed by atoms with E-state index in [1.165, 1.54) is 0 Å². The van der Waals surface area contributed by atoms with E-state index in [1.807, 2.05) is 25.7 Å². The van der Waals surface area contributed by atoms with Crippen LogP contribution in [0, 0.1) is 11.3 Å². The number of fused-ring (bicyclic) bond motifs is 1. The summed E-state index contributed by atoms with van der Waals surface area (Å²) in [6.45, 7) is 11.8. The van der Waals surface area contributed by atoms with E-state index in [4.69, 9.17) is 4.74 Å². The van der Waals surface area contributed by atoms with Gasteiger partial charge in [-0.05, 0) is 45.1 Å². The number of piperidine rings is 1. The molecule has 0 unspecified atom stereocenters. The van der Waals surface area contributed by atoms with Gasteiger partial charge in [-0.1, -0.05) is 6.92 Å². The van der Waals surface area contributed by atoms with Gasteiger partial charge >= 0.3 is 6.09 Å². The maximum Gasteiger partial charge on any atom is 0.410 e. The molecule has 0 saturated carbocycles. The van der Waals surface area contributed by atoms with Gasteiger partial charge < -0.3 is 15.0 Å². The fourth-order valence-electron chi connectivity index (χ4n) is 2.83. The molecule has 0 aliphatic carbocycles. The van der Waals surface area contributed by atoms with E-state index in [2.05, 4.69) is 12.2 Å². The normalized spacial score (nSPS) is 33.4. The molecule has 98 valence electrons. The van der Waals surface area contributed by atoms with Crippen LogP contribution in [0.3, 0.4) is 0 Å². The Kier molecular flexibility index (Phi) is 3.10. The average Bonchev–Trinajstić information content (AvgIpc) is 2.52. The second-order valence-corrected chi connectivity index (χ2v) is 6.67. The summed E-state index contributed by atoms with van der Waals surface area (Å²) in [6.07, 6.45) is 0.991. The van der Waals surface area contributed by atoms with E-state index in [9.17, 15) is 4.79 Å². The SMILES string of the molecule is CC(C)(C)OC(=O)N1C[C@@H]2CNCC[C@]2(C)C1. The third kappa shape index (κ3) is 2.73. The van der Waals surface area contributed by atoms with Crippen molar-refractivity contribution in [2.45, 2.75) is 39.7 Å². The van der Waals surface area contributed by atoms with Crippen LogP contribution in [-0.4, -0.2) is 42.8 Å². The van der Waals surface area contributed by atoms with Crippen LogP contribution >= 0.6 is 0 Å². The molecule has 1 N–H and O–H groups in total. The highest BCUT2D eigenvalue weighted by Crippen LogP contribution is 2.40. The summed E-state index contributed by atoms with van der Waals surface area (Å²) >= 11 is 0. The minimum atomic E-state index is -0.399. The summed E-state index contributed by atoms with van der Waals surface area (Å²) in [5, 5.41) is 3.41. The largest absolute Gasteiger partial charge is 0.444 e. The number of nitrogens with zero attached hydrogens (tertiary/aromatic N) is 1. The lowest BCUT2D eigenvalue weighted by Gasteiger charge is -2.35. The van der Waals surface area contributed by atoms with Crippen molar-refractivity contribution in [1.82, 2.24) is 10.2 Å². The number of carbonyl (C=O) groups is 1. The molecule has 2 aliphatic heterocycles. The number of amides is 1. The van der Waals surface area contributed by atoms with Gasteiger partial charge in [0.2, 0.25) is 0 Å². The van der Waals surface area contributed by atoms with E-state index < -0.39 is 5.60 Å². The van der Waals surface area contributed by atoms with Gasteiger partial charge in [-0.3, -0.25) is 0 Å². The van der Waals surface area contributed by atoms with Gasteiger partial charge in [0.05, 0.1) is 0 Å². The third-order valence-electron chi connectivity index (χ3n) is 3.89. The predicted molar refractivity (Wildman–Crippen MR) is 66.9 cm³/mol. The predicted octanol–water partition coefficient (Wildman–Crippen LogP) is 1.85. The first-order valence-electron chi connectivity index (χ1n) is 6.49. The lowest BCUT2D eigenvalue weighted by atomic mass is 9.75. The van der Waals surface area contributed by atoms with Crippen molar-refractivity contribution in [2.24, 2.45) is 11.3 Å². The molecule has 17 heavy (non-hydrogen) atoms. The van der Waals surface area contributed by atoms with Crippen molar-refractivity contribution < 1.29 is 9.53 Å². The maximum absolute atomic E-state index is 12.0. The highest BCUT2D eigenvalue weighted by Gasteiger charge is 2.46. The van der Waals surface area contributed by atoms with Crippen molar-refractivity contribution in [3.8, 4) is 0 Å². The standard InChI is InChI=1S/C13H24N2O2/c1-12(2,3)17-11(16)15-8-10-7-14-6-5-13(10,4)9-15/h10,14H,5-9H2,1-4H3/t10-,13+/m0/s1. The molecule has 2 saturated heterocycles. The smallest absolute Gasteiger partial charge is 0.410 e. The van der Waals surface area contributed by atoms with Crippen molar-refractivity contribution in [3.63, 3.8) is 0 Å². The maximum atomic E-state index is 12.0. The molecule has 0 radical (unpaired) electrons. The van der Waals surface area contributed by atoms with Gasteiger partial charge in [0, 0.05) is 19.6 Å². The van der Waals surface area contributed by atoms with Crippen LogP contribution < -0.4 is 5.32 Å². The summed E-state index contributed by atoms with van der Waals surface area (Å²) in [5.41, 5.74) is -0.119. The Bertz CT molecular complexity index is 311. The molecule has 2 aliphatic rings. The summed E-state index contributed by atoms with van der Waals surface area (Å²) in [5.74, 6) is 0.573. The third-order valence-corrected chi connectivity index (χ3v) is 3.89. The van der Waals surface area contributed by atoms with E-state index in [-0.39, 0.29) is 11.5 Å². The summed E-state index contributed by atoms with van der Waals surface area (Å²) in [7, 11) is 0. The molecule has 1 amide bonds. The quantitative estimate of drug-likeness (QED) is 0.702. The highest BCUT2D eigenvalue weighted by molar-refractivity contribution is 5.68. The first kappa shape index (κ1) is 12.7.